The van der Waals surface area contributed by atoms with Crippen molar-refractivity contribution in [3.8, 4) is 0 Å². The Kier molecular flexibility index (Phi) is 35.3. The first-order chi connectivity index (χ1) is 18.1. The van der Waals surface area contributed by atoms with Gasteiger partial charge in [-0.15, -0.1) is 70.6 Å². The summed E-state index contributed by atoms with van der Waals surface area (Å²) in [6, 6.07) is 0. The van der Waals surface area contributed by atoms with Gasteiger partial charge in [0.2, 0.25) is 11.1 Å². The Morgan fingerprint density at radius 3 is 2.16 bits per heavy atom. The van der Waals surface area contributed by atoms with Gasteiger partial charge in [0.25, 0.3) is 5.24 Å². The van der Waals surface area contributed by atoms with Crippen LogP contribution in [0.2, 0.25) is 0 Å². The molecular weight excluding hydrogens is 687 g/mol. The molecule has 2 atom stereocenters. The molecule has 0 radical (unpaired) electrons. The van der Waals surface area contributed by atoms with Gasteiger partial charge in [0.05, 0.1) is 12.5 Å². The van der Waals surface area contributed by atoms with E-state index in [9.17, 15) is 13.9 Å². The van der Waals surface area contributed by atoms with Crippen molar-refractivity contribution in [2.75, 3.05) is 91.1 Å². The van der Waals surface area contributed by atoms with Crippen molar-refractivity contribution < 1.29 is 19.0 Å². The molecule has 2 unspecified atom stereocenters. The minimum Gasteiger partial charge on any atom is -0.611 e. The number of nitrogens with zero attached hydrogens (tertiary/aromatic N) is 2. The molecular formula is C19H37N3O4S11. The fourth-order valence-electron chi connectivity index (χ4n) is 1.82. The number of aliphatic imine (C=N–C) groups is 2. The smallest absolute Gasteiger partial charge is 0.279 e. The molecule has 0 aliphatic heterocycles. The summed E-state index contributed by atoms with van der Waals surface area (Å²) in [5, 5.41) is 17.0. The van der Waals surface area contributed by atoms with E-state index < -0.39 is 22.4 Å². The van der Waals surface area contributed by atoms with Crippen LogP contribution in [0.4, 0.5) is 4.79 Å². The molecule has 0 aliphatic rings. The average molecular weight is 724 g/mol. The van der Waals surface area contributed by atoms with Gasteiger partial charge >= 0.3 is 0 Å². The summed E-state index contributed by atoms with van der Waals surface area (Å²) in [6.07, 6.45) is 0. The van der Waals surface area contributed by atoms with Crippen molar-refractivity contribution in [3.63, 3.8) is 0 Å². The number of rotatable bonds is 27. The maximum absolute atomic E-state index is 11.9. The fourth-order valence-corrected chi connectivity index (χ4v) is 13.3. The van der Waals surface area contributed by atoms with Crippen molar-refractivity contribution >= 4 is 145 Å². The molecule has 0 fully saturated rings. The van der Waals surface area contributed by atoms with Crippen molar-refractivity contribution in [2.24, 2.45) is 9.98 Å². The zero-order chi connectivity index (χ0) is 27.2. The van der Waals surface area contributed by atoms with E-state index in [4.69, 9.17) is 5.11 Å². The molecule has 218 valence electrons. The van der Waals surface area contributed by atoms with E-state index in [1.54, 1.807) is 30.6 Å². The molecule has 0 aromatic heterocycles. The average Bonchev–Trinajstić information content (AvgIpc) is 2.88. The van der Waals surface area contributed by atoms with Crippen LogP contribution < -0.4 is 5.32 Å². The Bertz CT molecular complexity index is 571. The van der Waals surface area contributed by atoms with Crippen LogP contribution in [0.3, 0.4) is 0 Å². The van der Waals surface area contributed by atoms with Gasteiger partial charge in [0.15, 0.2) is 5.08 Å². The van der Waals surface area contributed by atoms with Crippen molar-refractivity contribution in [3.05, 3.63) is 0 Å². The minimum atomic E-state index is -1.03. The number of carbonyl (C=O) groups excluding carboxylic acids is 1. The molecule has 2 N–H and O–H groups in total. The fraction of sp³-hybridized carbons (Fsp3) is 0.842. The Morgan fingerprint density at radius 2 is 1.46 bits per heavy atom. The molecule has 7 nitrogen and oxygen atoms in total. The molecule has 0 spiro atoms. The lowest BCUT2D eigenvalue weighted by Crippen LogP contribution is -2.22. The topological polar surface area (TPSA) is 120 Å². The van der Waals surface area contributed by atoms with Crippen molar-refractivity contribution in [1.82, 2.24) is 5.32 Å². The Morgan fingerprint density at radius 1 is 0.811 bits per heavy atom. The van der Waals surface area contributed by atoms with E-state index in [2.05, 4.69) is 15.3 Å². The number of hydrogen-bond donors (Lipinski definition) is 2. The highest BCUT2D eigenvalue weighted by molar-refractivity contribution is 8.24. The van der Waals surface area contributed by atoms with E-state index >= 15 is 0 Å². The summed E-state index contributed by atoms with van der Waals surface area (Å²) in [5.41, 5.74) is 3.03. The SMILES string of the molecule is C/N=C/[S+]([O-])CCSCSCSCCSC(=O)NCCSCSCSCC/N=C/[S+]([O-])CSCSCO. The molecule has 0 aromatic carbocycles. The normalized spacial score (nSPS) is 13.5. The van der Waals surface area contributed by atoms with Crippen LogP contribution in [0, 0.1) is 0 Å². The number of amides is 1. The maximum Gasteiger partial charge on any atom is 0.279 e. The molecule has 0 bridgehead atoms. The molecule has 0 aliphatic carbocycles. The molecule has 1 amide bonds. The van der Waals surface area contributed by atoms with Gasteiger partial charge in [-0.25, -0.2) is 4.99 Å². The van der Waals surface area contributed by atoms with Crippen LogP contribution in [0.15, 0.2) is 9.98 Å². The second-order valence-electron chi connectivity index (χ2n) is 6.19. The zero-order valence-electron chi connectivity index (χ0n) is 20.8. The van der Waals surface area contributed by atoms with Gasteiger partial charge in [0, 0.05) is 79.0 Å². The Hall–Kier alpha value is 2.54. The number of hydrogen-bond acceptors (Lipinski definition) is 15. The van der Waals surface area contributed by atoms with Crippen LogP contribution >= 0.6 is 106 Å². The van der Waals surface area contributed by atoms with Crippen molar-refractivity contribution in [2.45, 2.75) is 0 Å². The molecule has 18 heteroatoms. The summed E-state index contributed by atoms with van der Waals surface area (Å²) in [4.78, 5) is 19.9. The van der Waals surface area contributed by atoms with Gasteiger partial charge < -0.3 is 19.5 Å². The highest BCUT2D eigenvalue weighted by Gasteiger charge is 2.04. The standard InChI is InChI=1S/C19H37N3O4S11/c1-20-10-36(25)9-8-30-16-33-15-29-6-7-35-19(24)22-3-5-28-14-32-13-27-4-2-21-11-37(26)18-34-17-31-12-23/h10-11,23H,2-9,12-18H2,1H3,(H,22,24)/b20-10+,21-11+. The van der Waals surface area contributed by atoms with Crippen LogP contribution in [0.5, 0.6) is 0 Å². The quantitative estimate of drug-likeness (QED) is 0.0382. The molecule has 0 saturated carbocycles. The molecule has 37 heavy (non-hydrogen) atoms. The first kappa shape index (κ1) is 39.5. The van der Waals surface area contributed by atoms with Crippen LogP contribution in [0.25, 0.3) is 0 Å². The monoisotopic (exact) mass is 723 g/mol. The zero-order valence-corrected chi connectivity index (χ0v) is 29.8. The largest absolute Gasteiger partial charge is 0.611 e. The van der Waals surface area contributed by atoms with Crippen LogP contribution in [0.1, 0.15) is 0 Å². The second-order valence-corrected chi connectivity index (χ2v) is 20.4. The van der Waals surface area contributed by atoms with Gasteiger partial charge in [-0.05, 0) is 11.2 Å². The predicted octanol–water partition coefficient (Wildman–Crippen LogP) is 5.17. The van der Waals surface area contributed by atoms with Gasteiger partial charge in [-0.2, -0.15) is 11.8 Å². The molecule has 0 heterocycles. The minimum absolute atomic E-state index is 0.0559. The van der Waals surface area contributed by atoms with Gasteiger partial charge in [-0.3, -0.25) is 9.79 Å². The number of aliphatic hydroxyl groups is 1. The van der Waals surface area contributed by atoms with E-state index in [0.29, 0.717) is 23.9 Å². The summed E-state index contributed by atoms with van der Waals surface area (Å²) in [5.74, 6) is 5.26. The highest BCUT2D eigenvalue weighted by atomic mass is 32.3. The summed E-state index contributed by atoms with van der Waals surface area (Å²) in [7, 11) is 1.64. The predicted molar refractivity (Wildman–Crippen MR) is 191 cm³/mol. The van der Waals surface area contributed by atoms with Gasteiger partial charge in [0.1, 0.15) is 5.75 Å². The maximum atomic E-state index is 11.9. The highest BCUT2D eigenvalue weighted by Crippen LogP contribution is 2.20. The summed E-state index contributed by atoms with van der Waals surface area (Å²) >= 11 is 13.4. The molecule has 0 rings (SSSR count). The number of carbonyl (C=O) groups is 1. The van der Waals surface area contributed by atoms with E-state index in [-0.39, 0.29) is 11.2 Å². The first-order valence-electron chi connectivity index (χ1n) is 10.9. The van der Waals surface area contributed by atoms with E-state index in [1.807, 2.05) is 58.8 Å². The lowest BCUT2D eigenvalue weighted by molar-refractivity contribution is 0.261. The third-order valence-electron chi connectivity index (χ3n) is 3.31. The molecule has 0 saturated heterocycles. The van der Waals surface area contributed by atoms with E-state index in [1.165, 1.54) is 34.6 Å². The Labute approximate surface area is 267 Å². The number of nitrogens with one attached hydrogen (secondary N) is 1. The summed E-state index contributed by atoms with van der Waals surface area (Å²) < 4.78 is 23.1. The third kappa shape index (κ3) is 32.9. The van der Waals surface area contributed by atoms with Crippen LogP contribution in [-0.4, -0.2) is 122 Å². The Balaban J connectivity index is 3.29. The van der Waals surface area contributed by atoms with Crippen molar-refractivity contribution in [1.29, 1.82) is 0 Å². The second kappa shape index (κ2) is 33.0. The van der Waals surface area contributed by atoms with E-state index in [0.717, 1.165) is 54.2 Å². The lowest BCUT2D eigenvalue weighted by Gasteiger charge is -2.06. The number of thioether (sulfide) groups is 9. The summed E-state index contributed by atoms with van der Waals surface area (Å²) in [6.45, 7) is 1.38. The lowest BCUT2D eigenvalue weighted by atomic mass is 10.8. The van der Waals surface area contributed by atoms with Crippen LogP contribution in [-0.2, 0) is 22.4 Å². The number of aliphatic hydroxyl groups excluding tert-OH is 1. The first-order valence-corrected chi connectivity index (χ1v) is 23.9. The molecule has 0 aromatic rings. The third-order valence-corrected chi connectivity index (χ3v) is 16.5. The van der Waals surface area contributed by atoms with Gasteiger partial charge in [-0.1, -0.05) is 23.5 Å².